The molecule has 0 bridgehead atoms. The van der Waals surface area contributed by atoms with Gasteiger partial charge in [-0.25, -0.2) is 4.79 Å². The molecule has 3 rings (SSSR count). The molecular formula is C23H29NO3S. The largest absolute Gasteiger partial charge is 0.459 e. The maximum Gasteiger partial charge on any atom is 0.341 e. The van der Waals surface area contributed by atoms with Gasteiger partial charge in [-0.2, -0.15) is 0 Å². The molecule has 0 saturated heterocycles. The van der Waals surface area contributed by atoms with Crippen LogP contribution in [0.5, 0.6) is 0 Å². The van der Waals surface area contributed by atoms with Crippen molar-refractivity contribution in [3.63, 3.8) is 0 Å². The van der Waals surface area contributed by atoms with Gasteiger partial charge in [0.05, 0.1) is 11.7 Å². The molecule has 0 saturated carbocycles. The number of ether oxygens (including phenoxy) is 1. The Morgan fingerprint density at radius 3 is 2.32 bits per heavy atom. The Bertz CT molecular complexity index is 849. The van der Waals surface area contributed by atoms with E-state index in [1.807, 2.05) is 38.1 Å². The molecule has 0 radical (unpaired) electrons. The van der Waals surface area contributed by atoms with E-state index in [0.717, 1.165) is 31.2 Å². The summed E-state index contributed by atoms with van der Waals surface area (Å²) in [5.41, 5.74) is 3.41. The zero-order chi connectivity index (χ0) is 20.3. The molecule has 28 heavy (non-hydrogen) atoms. The molecule has 1 aliphatic rings. The van der Waals surface area contributed by atoms with E-state index in [1.165, 1.54) is 28.2 Å². The first-order valence-electron chi connectivity index (χ1n) is 10.1. The predicted octanol–water partition coefficient (Wildman–Crippen LogP) is 5.96. The normalized spacial score (nSPS) is 13.9. The summed E-state index contributed by atoms with van der Waals surface area (Å²) in [6.45, 7) is 7.94. The van der Waals surface area contributed by atoms with Crippen LogP contribution in [0.15, 0.2) is 24.3 Å². The van der Waals surface area contributed by atoms with Crippen molar-refractivity contribution >= 4 is 28.2 Å². The number of thiophene rings is 1. The molecule has 4 nitrogen and oxygen atoms in total. The van der Waals surface area contributed by atoms with Crippen molar-refractivity contribution in [2.45, 2.75) is 71.8 Å². The molecular weight excluding hydrogens is 370 g/mol. The molecule has 1 aromatic carbocycles. The Hall–Kier alpha value is -2.14. The lowest BCUT2D eigenvalue weighted by Gasteiger charge is -2.12. The number of anilines is 1. The van der Waals surface area contributed by atoms with Gasteiger partial charge >= 0.3 is 5.97 Å². The number of hydrogen-bond acceptors (Lipinski definition) is 4. The third-order valence-electron chi connectivity index (χ3n) is 5.03. The highest BCUT2D eigenvalue weighted by molar-refractivity contribution is 7.17. The van der Waals surface area contributed by atoms with Gasteiger partial charge in [0.25, 0.3) is 5.91 Å². The standard InChI is InChI=1S/C23H29NO3S/c1-14(2)16-10-12-17(13-11-16)21(25)24-22-20(23(26)27-15(3)4)18-8-6-5-7-9-19(18)28-22/h10-15H,5-9H2,1-4H3,(H,24,25). The molecule has 0 fully saturated rings. The van der Waals surface area contributed by atoms with Gasteiger partial charge in [-0.05, 0) is 68.7 Å². The fraction of sp³-hybridized carbons (Fsp3) is 0.478. The smallest absolute Gasteiger partial charge is 0.341 e. The Morgan fingerprint density at radius 2 is 1.68 bits per heavy atom. The van der Waals surface area contributed by atoms with E-state index in [0.29, 0.717) is 22.0 Å². The van der Waals surface area contributed by atoms with Crippen molar-refractivity contribution in [1.82, 2.24) is 0 Å². The van der Waals surface area contributed by atoms with E-state index in [4.69, 9.17) is 4.74 Å². The molecule has 2 aromatic rings. The molecule has 0 spiro atoms. The summed E-state index contributed by atoms with van der Waals surface area (Å²) in [4.78, 5) is 26.8. The molecule has 0 atom stereocenters. The van der Waals surface area contributed by atoms with Crippen molar-refractivity contribution in [2.24, 2.45) is 0 Å². The van der Waals surface area contributed by atoms with E-state index in [1.54, 1.807) is 0 Å². The lowest BCUT2D eigenvalue weighted by atomic mass is 10.0. The molecule has 1 aromatic heterocycles. The van der Waals surface area contributed by atoms with Crippen LogP contribution in [0.4, 0.5) is 5.00 Å². The molecule has 0 aliphatic heterocycles. The Balaban J connectivity index is 1.89. The lowest BCUT2D eigenvalue weighted by molar-refractivity contribution is 0.0378. The summed E-state index contributed by atoms with van der Waals surface area (Å²) >= 11 is 1.53. The summed E-state index contributed by atoms with van der Waals surface area (Å²) in [5, 5.41) is 3.61. The number of benzene rings is 1. The minimum Gasteiger partial charge on any atom is -0.459 e. The first kappa shape index (κ1) is 20.6. The number of hydrogen-bond donors (Lipinski definition) is 1. The summed E-state index contributed by atoms with van der Waals surface area (Å²) in [5.74, 6) is -0.104. The van der Waals surface area contributed by atoms with Gasteiger partial charge in [0.2, 0.25) is 0 Å². The number of carbonyl (C=O) groups is 2. The van der Waals surface area contributed by atoms with Crippen LogP contribution in [0.3, 0.4) is 0 Å². The minimum absolute atomic E-state index is 0.190. The lowest BCUT2D eigenvalue weighted by Crippen LogP contribution is -2.17. The van der Waals surface area contributed by atoms with E-state index in [2.05, 4.69) is 19.2 Å². The number of esters is 1. The van der Waals surface area contributed by atoms with E-state index < -0.39 is 0 Å². The molecule has 150 valence electrons. The summed E-state index contributed by atoms with van der Waals surface area (Å²) in [6, 6.07) is 7.65. The number of amides is 1. The van der Waals surface area contributed by atoms with Crippen LogP contribution < -0.4 is 5.32 Å². The Morgan fingerprint density at radius 1 is 1.00 bits per heavy atom. The Kier molecular flexibility index (Phi) is 6.55. The fourth-order valence-corrected chi connectivity index (χ4v) is 4.79. The topological polar surface area (TPSA) is 55.4 Å². The molecule has 5 heteroatoms. The van der Waals surface area contributed by atoms with E-state index in [-0.39, 0.29) is 18.0 Å². The Labute approximate surface area is 171 Å². The third kappa shape index (κ3) is 4.64. The van der Waals surface area contributed by atoms with Crippen molar-refractivity contribution in [1.29, 1.82) is 0 Å². The van der Waals surface area contributed by atoms with Gasteiger partial charge < -0.3 is 10.1 Å². The SMILES string of the molecule is CC(C)OC(=O)c1c(NC(=O)c2ccc(C(C)C)cc2)sc2c1CCCCC2. The summed E-state index contributed by atoms with van der Waals surface area (Å²) in [6.07, 6.45) is 4.99. The van der Waals surface area contributed by atoms with Crippen LogP contribution in [-0.2, 0) is 17.6 Å². The van der Waals surface area contributed by atoms with Crippen molar-refractivity contribution in [2.75, 3.05) is 5.32 Å². The number of aryl methyl sites for hydroxylation is 1. The highest BCUT2D eigenvalue weighted by Crippen LogP contribution is 2.38. The number of rotatable bonds is 5. The van der Waals surface area contributed by atoms with Crippen LogP contribution >= 0.6 is 11.3 Å². The fourth-order valence-electron chi connectivity index (χ4n) is 3.51. The zero-order valence-electron chi connectivity index (χ0n) is 17.1. The molecule has 1 N–H and O–H groups in total. The third-order valence-corrected chi connectivity index (χ3v) is 6.24. The van der Waals surface area contributed by atoms with Crippen LogP contribution in [0.25, 0.3) is 0 Å². The maximum absolute atomic E-state index is 12.8. The van der Waals surface area contributed by atoms with Crippen molar-refractivity contribution < 1.29 is 14.3 Å². The highest BCUT2D eigenvalue weighted by atomic mass is 32.1. The molecule has 1 aliphatic carbocycles. The first-order chi connectivity index (χ1) is 13.4. The summed E-state index contributed by atoms with van der Waals surface area (Å²) in [7, 11) is 0. The van der Waals surface area contributed by atoms with Gasteiger partial charge in [0.1, 0.15) is 5.00 Å². The monoisotopic (exact) mass is 399 g/mol. The van der Waals surface area contributed by atoms with Crippen molar-refractivity contribution in [3.8, 4) is 0 Å². The van der Waals surface area contributed by atoms with Crippen LogP contribution in [0, 0.1) is 0 Å². The van der Waals surface area contributed by atoms with Crippen LogP contribution in [-0.4, -0.2) is 18.0 Å². The molecule has 1 heterocycles. The van der Waals surface area contributed by atoms with Gasteiger partial charge in [-0.1, -0.05) is 32.4 Å². The van der Waals surface area contributed by atoms with E-state index in [9.17, 15) is 9.59 Å². The van der Waals surface area contributed by atoms with Gasteiger partial charge in [-0.3, -0.25) is 4.79 Å². The molecule has 1 amide bonds. The maximum atomic E-state index is 12.8. The average molecular weight is 400 g/mol. The van der Waals surface area contributed by atoms with Gasteiger partial charge in [-0.15, -0.1) is 11.3 Å². The van der Waals surface area contributed by atoms with Crippen LogP contribution in [0.2, 0.25) is 0 Å². The molecule has 0 unspecified atom stereocenters. The van der Waals surface area contributed by atoms with Gasteiger partial charge in [0.15, 0.2) is 0 Å². The number of carbonyl (C=O) groups excluding carboxylic acids is 2. The van der Waals surface area contributed by atoms with Crippen molar-refractivity contribution in [3.05, 3.63) is 51.4 Å². The predicted molar refractivity (Wildman–Crippen MR) is 115 cm³/mol. The second-order valence-corrected chi connectivity index (χ2v) is 9.06. The number of nitrogens with one attached hydrogen (secondary N) is 1. The second kappa shape index (κ2) is 8.91. The number of fused-ring (bicyclic) bond motifs is 1. The minimum atomic E-state index is -0.333. The van der Waals surface area contributed by atoms with Crippen LogP contribution in [0.1, 0.15) is 89.6 Å². The quantitative estimate of drug-likeness (QED) is 0.499. The second-order valence-electron chi connectivity index (χ2n) is 7.95. The highest BCUT2D eigenvalue weighted by Gasteiger charge is 2.27. The summed E-state index contributed by atoms with van der Waals surface area (Å²) < 4.78 is 5.49. The average Bonchev–Trinajstić information content (AvgIpc) is 2.81. The zero-order valence-corrected chi connectivity index (χ0v) is 17.9. The van der Waals surface area contributed by atoms with Gasteiger partial charge in [0, 0.05) is 10.4 Å². The first-order valence-corrected chi connectivity index (χ1v) is 10.9. The van der Waals surface area contributed by atoms with E-state index >= 15 is 0 Å².